The van der Waals surface area contributed by atoms with Crippen molar-refractivity contribution < 1.29 is 29.3 Å². The smallest absolute Gasteiger partial charge is 0.339 e. The van der Waals surface area contributed by atoms with Crippen molar-refractivity contribution in [2.75, 3.05) is 11.4 Å². The molecular weight excluding hydrogens is 496 g/mol. The Morgan fingerprint density at radius 2 is 1.51 bits per heavy atom. The third-order valence-electron chi connectivity index (χ3n) is 6.04. The molecule has 0 aliphatic carbocycles. The second kappa shape index (κ2) is 12.9. The quantitative estimate of drug-likeness (QED) is 0.212. The van der Waals surface area contributed by atoms with Gasteiger partial charge in [-0.15, -0.1) is 0 Å². The number of aldehydes is 1. The Morgan fingerprint density at radius 3 is 2.18 bits per heavy atom. The molecule has 4 aromatic rings. The number of amides is 1. The Morgan fingerprint density at radius 1 is 0.846 bits per heavy atom. The van der Waals surface area contributed by atoms with Gasteiger partial charge in [-0.2, -0.15) is 0 Å². The number of benzene rings is 4. The fourth-order valence-corrected chi connectivity index (χ4v) is 3.97. The molecule has 4 rings (SSSR count). The summed E-state index contributed by atoms with van der Waals surface area (Å²) >= 11 is 0. The molecule has 0 radical (unpaired) electrons. The van der Waals surface area contributed by atoms with Crippen LogP contribution in [0.15, 0.2) is 97.1 Å². The molecule has 198 valence electrons. The number of hydrogen-bond acceptors (Lipinski definition) is 6. The van der Waals surface area contributed by atoms with Crippen LogP contribution in [0.4, 0.5) is 5.69 Å². The summed E-state index contributed by atoms with van der Waals surface area (Å²) in [6, 6.07) is 28.4. The van der Waals surface area contributed by atoms with E-state index in [2.05, 4.69) is 5.32 Å². The maximum absolute atomic E-state index is 12.7. The Hall–Kier alpha value is -5.11. The molecule has 0 spiro atoms. The van der Waals surface area contributed by atoms with Crippen LogP contribution in [0.1, 0.15) is 38.3 Å². The molecular formula is C31H28N2O6. The Balaban J connectivity index is 1.35. The number of nitrogens with zero attached hydrogens (tertiary/aromatic N) is 1. The fourth-order valence-electron chi connectivity index (χ4n) is 3.97. The third-order valence-corrected chi connectivity index (χ3v) is 6.04. The number of rotatable bonds is 12. The Kier molecular flexibility index (Phi) is 8.92. The molecule has 4 aromatic carbocycles. The van der Waals surface area contributed by atoms with Gasteiger partial charge in [0, 0.05) is 37.3 Å². The topological polar surface area (TPSA) is 116 Å². The maximum Gasteiger partial charge on any atom is 0.339 e. The fraction of sp³-hybridized carbons (Fsp3) is 0.129. The van der Waals surface area contributed by atoms with Crippen LogP contribution in [-0.2, 0) is 17.9 Å². The normalized spacial score (nSPS) is 10.5. The zero-order chi connectivity index (χ0) is 27.6. The molecule has 0 saturated carbocycles. The van der Waals surface area contributed by atoms with Crippen LogP contribution in [0.3, 0.4) is 0 Å². The van der Waals surface area contributed by atoms with Crippen molar-refractivity contribution in [1.29, 1.82) is 0 Å². The first kappa shape index (κ1) is 26.9. The number of aromatic hydroxyl groups is 1. The molecule has 0 aliphatic rings. The highest BCUT2D eigenvalue weighted by molar-refractivity contribution is 5.94. The lowest BCUT2D eigenvalue weighted by molar-refractivity contribution is -0.107. The number of carbonyl (C=O) groups excluding carboxylic acids is 2. The molecule has 0 atom stereocenters. The first-order valence-electron chi connectivity index (χ1n) is 12.4. The van der Waals surface area contributed by atoms with Gasteiger partial charge < -0.3 is 30.0 Å². The predicted molar refractivity (Wildman–Crippen MR) is 147 cm³/mol. The summed E-state index contributed by atoms with van der Waals surface area (Å²) in [5.41, 5.74) is 2.65. The van der Waals surface area contributed by atoms with E-state index in [0.717, 1.165) is 23.2 Å². The molecule has 0 heterocycles. The van der Waals surface area contributed by atoms with E-state index in [1.165, 1.54) is 12.1 Å². The van der Waals surface area contributed by atoms with Crippen LogP contribution in [0, 0.1) is 0 Å². The second-order valence-electron chi connectivity index (χ2n) is 8.82. The predicted octanol–water partition coefficient (Wildman–Crippen LogP) is 5.41. The number of nitrogens with one attached hydrogen (secondary N) is 1. The number of para-hydroxylation sites is 1. The van der Waals surface area contributed by atoms with E-state index in [0.29, 0.717) is 36.6 Å². The highest BCUT2D eigenvalue weighted by atomic mass is 16.5. The molecule has 0 saturated heterocycles. The molecule has 8 heteroatoms. The van der Waals surface area contributed by atoms with Gasteiger partial charge in [-0.1, -0.05) is 42.5 Å². The van der Waals surface area contributed by atoms with Gasteiger partial charge in [0.2, 0.25) is 0 Å². The lowest BCUT2D eigenvalue weighted by Crippen LogP contribution is -2.25. The molecule has 1 amide bonds. The average Bonchev–Trinajstić information content (AvgIpc) is 2.96. The number of phenols is 1. The number of ether oxygens (including phenoxy) is 1. The standard InChI is InChI=1S/C31H28N2O6/c34-18-4-17-33(25-13-16-29(35)28(19-25)31(37)38)21-23-7-11-24(12-8-23)30(36)32-20-22-9-14-27(15-10-22)39-26-5-2-1-3-6-26/h1-3,5-16,18-19,35H,4,17,20-21H2,(H,32,36)(H,37,38). The molecule has 0 aromatic heterocycles. The van der Waals surface area contributed by atoms with Gasteiger partial charge in [0.25, 0.3) is 5.91 Å². The van der Waals surface area contributed by atoms with E-state index in [-0.39, 0.29) is 23.6 Å². The number of carboxylic acids is 1. The van der Waals surface area contributed by atoms with E-state index in [1.54, 1.807) is 18.2 Å². The first-order chi connectivity index (χ1) is 18.9. The van der Waals surface area contributed by atoms with Crippen molar-refractivity contribution >= 4 is 23.9 Å². The summed E-state index contributed by atoms with van der Waals surface area (Å²) < 4.78 is 5.79. The largest absolute Gasteiger partial charge is 0.507 e. The van der Waals surface area contributed by atoms with E-state index in [9.17, 15) is 24.6 Å². The number of hydrogen-bond donors (Lipinski definition) is 3. The minimum atomic E-state index is -1.24. The maximum atomic E-state index is 12.7. The molecule has 3 N–H and O–H groups in total. The minimum Gasteiger partial charge on any atom is -0.507 e. The van der Waals surface area contributed by atoms with Gasteiger partial charge in [-0.3, -0.25) is 4.79 Å². The molecule has 0 fully saturated rings. The third kappa shape index (κ3) is 7.45. The zero-order valence-electron chi connectivity index (χ0n) is 21.1. The summed E-state index contributed by atoms with van der Waals surface area (Å²) in [5.74, 6) is -0.319. The van der Waals surface area contributed by atoms with Gasteiger partial charge >= 0.3 is 5.97 Å². The highest BCUT2D eigenvalue weighted by Gasteiger charge is 2.15. The van der Waals surface area contributed by atoms with Gasteiger partial charge in [-0.25, -0.2) is 4.79 Å². The van der Waals surface area contributed by atoms with E-state index >= 15 is 0 Å². The summed E-state index contributed by atoms with van der Waals surface area (Å²) in [6.45, 7) is 1.11. The van der Waals surface area contributed by atoms with Gasteiger partial charge in [0.15, 0.2) is 0 Å². The number of aromatic carboxylic acids is 1. The molecule has 39 heavy (non-hydrogen) atoms. The zero-order valence-corrected chi connectivity index (χ0v) is 21.1. The number of anilines is 1. The van der Waals surface area contributed by atoms with Crippen molar-refractivity contribution in [3.63, 3.8) is 0 Å². The summed E-state index contributed by atoms with van der Waals surface area (Å²) in [5, 5.41) is 22.1. The summed E-state index contributed by atoms with van der Waals surface area (Å²) in [6.07, 6.45) is 1.05. The lowest BCUT2D eigenvalue weighted by Gasteiger charge is -2.25. The Bertz CT molecular complexity index is 1420. The van der Waals surface area contributed by atoms with Gasteiger partial charge in [0.1, 0.15) is 29.1 Å². The van der Waals surface area contributed by atoms with Crippen LogP contribution >= 0.6 is 0 Å². The van der Waals surface area contributed by atoms with Crippen LogP contribution in [0.5, 0.6) is 17.2 Å². The number of carbonyl (C=O) groups is 3. The van der Waals surface area contributed by atoms with Crippen LogP contribution in [0.25, 0.3) is 0 Å². The molecule has 0 unspecified atom stereocenters. The van der Waals surface area contributed by atoms with Crippen molar-refractivity contribution in [1.82, 2.24) is 5.32 Å². The summed E-state index contributed by atoms with van der Waals surface area (Å²) in [4.78, 5) is 36.9. The highest BCUT2D eigenvalue weighted by Crippen LogP contribution is 2.26. The van der Waals surface area contributed by atoms with E-state index in [1.807, 2.05) is 71.6 Å². The second-order valence-corrected chi connectivity index (χ2v) is 8.82. The van der Waals surface area contributed by atoms with Gasteiger partial charge in [-0.05, 0) is 65.7 Å². The minimum absolute atomic E-state index is 0.214. The SMILES string of the molecule is O=CCCN(Cc1ccc(C(=O)NCc2ccc(Oc3ccccc3)cc2)cc1)c1ccc(O)c(C(=O)O)c1. The molecule has 8 nitrogen and oxygen atoms in total. The number of carboxylic acid groups (broad SMARTS) is 1. The Labute approximate surface area is 226 Å². The van der Waals surface area contributed by atoms with Crippen molar-refractivity contribution in [2.24, 2.45) is 0 Å². The first-order valence-corrected chi connectivity index (χ1v) is 12.4. The van der Waals surface area contributed by atoms with Crippen molar-refractivity contribution in [3.8, 4) is 17.2 Å². The van der Waals surface area contributed by atoms with Crippen LogP contribution in [-0.4, -0.2) is 34.9 Å². The molecule has 0 bridgehead atoms. The van der Waals surface area contributed by atoms with E-state index in [4.69, 9.17) is 4.74 Å². The van der Waals surface area contributed by atoms with Crippen molar-refractivity contribution in [2.45, 2.75) is 19.5 Å². The lowest BCUT2D eigenvalue weighted by atomic mass is 10.1. The van der Waals surface area contributed by atoms with Crippen LogP contribution < -0.4 is 15.0 Å². The monoisotopic (exact) mass is 524 g/mol. The van der Waals surface area contributed by atoms with Crippen LogP contribution in [0.2, 0.25) is 0 Å². The average molecular weight is 525 g/mol. The van der Waals surface area contributed by atoms with Gasteiger partial charge in [0.05, 0.1) is 0 Å². The van der Waals surface area contributed by atoms with E-state index < -0.39 is 5.97 Å². The van der Waals surface area contributed by atoms with Crippen molar-refractivity contribution in [3.05, 3.63) is 119 Å². The molecule has 0 aliphatic heterocycles. The summed E-state index contributed by atoms with van der Waals surface area (Å²) in [7, 11) is 0.